The van der Waals surface area contributed by atoms with Crippen LogP contribution in [0.15, 0.2) is 12.2 Å². The summed E-state index contributed by atoms with van der Waals surface area (Å²) < 4.78 is 0. The maximum atomic E-state index is 13.0. The summed E-state index contributed by atoms with van der Waals surface area (Å²) in [6.45, 7) is 5.49. The van der Waals surface area contributed by atoms with E-state index in [0.29, 0.717) is 41.9 Å². The summed E-state index contributed by atoms with van der Waals surface area (Å²) in [5.41, 5.74) is 6.37. The molecule has 0 aromatic carbocycles. The van der Waals surface area contributed by atoms with Gasteiger partial charge in [0.05, 0.1) is 0 Å². The zero-order valence-electron chi connectivity index (χ0n) is 16.9. The van der Waals surface area contributed by atoms with E-state index in [4.69, 9.17) is 5.73 Å². The van der Waals surface area contributed by atoms with Crippen LogP contribution in [0, 0.1) is 45.6 Å². The van der Waals surface area contributed by atoms with Gasteiger partial charge in [-0.15, -0.1) is 0 Å². The number of hydroxylamine groups is 2. The maximum absolute atomic E-state index is 13.0. The third-order valence-electron chi connectivity index (χ3n) is 9.67. The van der Waals surface area contributed by atoms with Gasteiger partial charge >= 0.3 is 0 Å². The number of rotatable bonds is 3. The molecule has 4 nitrogen and oxygen atoms in total. The molecule has 0 radical (unpaired) electrons. The van der Waals surface area contributed by atoms with Crippen LogP contribution in [-0.4, -0.2) is 29.5 Å². The highest BCUT2D eigenvalue weighted by Crippen LogP contribution is 2.64. The average molecular weight is 372 g/mol. The van der Waals surface area contributed by atoms with Crippen LogP contribution in [0.2, 0.25) is 0 Å². The molecule has 27 heavy (non-hydrogen) atoms. The van der Waals surface area contributed by atoms with E-state index in [1.807, 2.05) is 0 Å². The highest BCUT2D eigenvalue weighted by Gasteiger charge is 2.59. The largest absolute Gasteiger partial charge is 0.785 e. The third-order valence-corrected chi connectivity index (χ3v) is 9.67. The second-order valence-corrected chi connectivity index (χ2v) is 10.9. The molecule has 150 valence electrons. The normalized spacial score (nSPS) is 53.8. The standard InChI is InChI=1S/C23H35N2O2/c1-22-9-7-16(26)12-15(22)3-4-17-18-5-6-21(23(18,2)10-8-19(17)22)25(27)13-14-11-20(14)24/h3-4,14-15,17-21H,5-13,24H2,1-2H3/q-1. The van der Waals surface area contributed by atoms with Gasteiger partial charge in [-0.1, -0.05) is 26.0 Å². The summed E-state index contributed by atoms with van der Waals surface area (Å²) >= 11 is 0. The Morgan fingerprint density at radius 2 is 1.89 bits per heavy atom. The molecular formula is C23H35N2O2-. The number of fused-ring (bicyclic) bond motifs is 5. The van der Waals surface area contributed by atoms with Gasteiger partial charge in [0.25, 0.3) is 0 Å². The lowest BCUT2D eigenvalue weighted by Gasteiger charge is -2.59. The molecule has 0 saturated heterocycles. The van der Waals surface area contributed by atoms with Crippen LogP contribution in [0.25, 0.3) is 0 Å². The van der Waals surface area contributed by atoms with E-state index in [1.54, 1.807) is 0 Å². The Balaban J connectivity index is 1.38. The molecule has 4 heteroatoms. The lowest BCUT2D eigenvalue weighted by Crippen LogP contribution is -2.54. The Kier molecular flexibility index (Phi) is 4.17. The summed E-state index contributed by atoms with van der Waals surface area (Å²) in [6.07, 6.45) is 13.1. The fourth-order valence-electron chi connectivity index (χ4n) is 7.70. The summed E-state index contributed by atoms with van der Waals surface area (Å²) in [5, 5.41) is 14.4. The van der Waals surface area contributed by atoms with E-state index in [0.717, 1.165) is 32.1 Å². The molecule has 4 saturated carbocycles. The van der Waals surface area contributed by atoms with Crippen LogP contribution >= 0.6 is 0 Å². The topological polar surface area (TPSA) is 69.4 Å². The molecule has 9 atom stereocenters. The van der Waals surface area contributed by atoms with Crippen LogP contribution in [0.5, 0.6) is 0 Å². The minimum atomic E-state index is 0.139. The van der Waals surface area contributed by atoms with Crippen molar-refractivity contribution in [3.8, 4) is 0 Å². The first-order chi connectivity index (χ1) is 12.8. The highest BCUT2D eigenvalue weighted by atomic mass is 16.5. The number of carbonyl (C=O) groups excluding carboxylic acids is 1. The van der Waals surface area contributed by atoms with Crippen molar-refractivity contribution in [1.29, 1.82) is 0 Å². The first kappa shape index (κ1) is 18.3. The Bertz CT molecular complexity index is 663. The number of nitrogens with two attached hydrogens (primary N) is 1. The summed E-state index contributed by atoms with van der Waals surface area (Å²) in [7, 11) is 0. The Hall–Kier alpha value is -0.710. The predicted octanol–water partition coefficient (Wildman–Crippen LogP) is 3.89. The minimum absolute atomic E-state index is 0.139. The molecule has 9 unspecified atom stereocenters. The van der Waals surface area contributed by atoms with Crippen LogP contribution in [0.4, 0.5) is 0 Å². The Labute approximate surface area is 163 Å². The van der Waals surface area contributed by atoms with Crippen molar-refractivity contribution in [1.82, 2.24) is 5.06 Å². The van der Waals surface area contributed by atoms with Crippen LogP contribution < -0.4 is 5.73 Å². The van der Waals surface area contributed by atoms with E-state index in [1.165, 1.54) is 24.3 Å². The Morgan fingerprint density at radius 3 is 2.63 bits per heavy atom. The lowest BCUT2D eigenvalue weighted by molar-refractivity contribution is -0.128. The molecule has 5 aliphatic carbocycles. The molecule has 4 fully saturated rings. The quantitative estimate of drug-likeness (QED) is 0.603. The number of Topliss-reactive ketones (excluding diaryl/α,β-unsaturated/α-hetero) is 1. The van der Waals surface area contributed by atoms with Gasteiger partial charge in [0, 0.05) is 24.9 Å². The van der Waals surface area contributed by atoms with Crippen molar-refractivity contribution in [3.63, 3.8) is 0 Å². The van der Waals surface area contributed by atoms with Gasteiger partial charge in [-0.05, 0) is 85.5 Å². The molecule has 0 bridgehead atoms. The summed E-state index contributed by atoms with van der Waals surface area (Å²) in [6, 6.07) is 0.428. The fourth-order valence-corrected chi connectivity index (χ4v) is 7.70. The minimum Gasteiger partial charge on any atom is -0.785 e. The smallest absolute Gasteiger partial charge is 0.133 e. The SMILES string of the molecule is CC12CCC(=O)CC1C=CC1C2CCC2(C)C1CCC2N([O-])CC1CC1N. The number of ketones is 1. The third kappa shape index (κ3) is 2.70. The maximum Gasteiger partial charge on any atom is 0.133 e. The second kappa shape index (κ2) is 6.14. The molecule has 5 rings (SSSR count). The fraction of sp³-hybridized carbons (Fsp3) is 0.870. The molecule has 0 spiro atoms. The number of hydrogen-bond donors (Lipinski definition) is 1. The first-order valence-corrected chi connectivity index (χ1v) is 11.2. The van der Waals surface area contributed by atoms with Crippen LogP contribution in [-0.2, 0) is 4.79 Å². The summed E-state index contributed by atoms with van der Waals surface area (Å²) in [5.74, 6) is 3.22. The van der Waals surface area contributed by atoms with Gasteiger partial charge in [0.2, 0.25) is 0 Å². The number of hydrogen-bond acceptors (Lipinski definition) is 4. The second-order valence-electron chi connectivity index (χ2n) is 10.9. The van der Waals surface area contributed by atoms with Gasteiger partial charge in [-0.3, -0.25) is 4.79 Å². The molecule has 0 aromatic heterocycles. The van der Waals surface area contributed by atoms with Gasteiger partial charge in [-0.25, -0.2) is 0 Å². The van der Waals surface area contributed by atoms with Gasteiger partial charge < -0.3 is 16.0 Å². The van der Waals surface area contributed by atoms with Crippen molar-refractivity contribution in [2.75, 3.05) is 6.54 Å². The lowest BCUT2D eigenvalue weighted by atomic mass is 9.47. The van der Waals surface area contributed by atoms with Crippen LogP contribution in [0.3, 0.4) is 0 Å². The van der Waals surface area contributed by atoms with Gasteiger partial charge in [-0.2, -0.15) is 0 Å². The van der Waals surface area contributed by atoms with E-state index in [-0.39, 0.29) is 22.9 Å². The molecule has 2 N–H and O–H groups in total. The van der Waals surface area contributed by atoms with E-state index in [2.05, 4.69) is 26.0 Å². The van der Waals surface area contributed by atoms with Crippen molar-refractivity contribution in [2.45, 2.75) is 77.3 Å². The zero-order chi connectivity index (χ0) is 19.0. The van der Waals surface area contributed by atoms with E-state index < -0.39 is 0 Å². The van der Waals surface area contributed by atoms with E-state index >= 15 is 0 Å². The molecule has 5 aliphatic rings. The molecular weight excluding hydrogens is 336 g/mol. The Morgan fingerprint density at radius 1 is 1.15 bits per heavy atom. The highest BCUT2D eigenvalue weighted by molar-refractivity contribution is 5.80. The number of nitrogens with zero attached hydrogens (tertiary/aromatic N) is 1. The van der Waals surface area contributed by atoms with Crippen molar-refractivity contribution in [2.24, 2.45) is 46.2 Å². The zero-order valence-corrected chi connectivity index (χ0v) is 16.9. The van der Waals surface area contributed by atoms with E-state index in [9.17, 15) is 10.0 Å². The average Bonchev–Trinajstić information content (AvgIpc) is 3.18. The number of allylic oxidation sites excluding steroid dienone is 2. The number of carbonyl (C=O) groups is 1. The predicted molar refractivity (Wildman–Crippen MR) is 107 cm³/mol. The molecule has 0 aromatic rings. The van der Waals surface area contributed by atoms with Crippen molar-refractivity contribution < 1.29 is 4.79 Å². The first-order valence-electron chi connectivity index (χ1n) is 11.2. The monoisotopic (exact) mass is 371 g/mol. The van der Waals surface area contributed by atoms with Gasteiger partial charge in [0.15, 0.2) is 0 Å². The summed E-state index contributed by atoms with van der Waals surface area (Å²) in [4.78, 5) is 12.0. The molecule has 0 aliphatic heterocycles. The van der Waals surface area contributed by atoms with Crippen LogP contribution in [0.1, 0.15) is 65.2 Å². The van der Waals surface area contributed by atoms with Crippen molar-refractivity contribution >= 4 is 5.78 Å². The van der Waals surface area contributed by atoms with Gasteiger partial charge in [0.1, 0.15) is 5.78 Å². The molecule has 0 heterocycles. The van der Waals surface area contributed by atoms with Crippen molar-refractivity contribution in [3.05, 3.63) is 17.4 Å². The molecule has 0 amide bonds.